The van der Waals surface area contributed by atoms with E-state index < -0.39 is 0 Å². The number of halogens is 1. The summed E-state index contributed by atoms with van der Waals surface area (Å²) >= 11 is 6.03. The molecule has 0 aliphatic carbocycles. The van der Waals surface area contributed by atoms with Crippen LogP contribution >= 0.6 is 11.6 Å². The summed E-state index contributed by atoms with van der Waals surface area (Å²) in [6, 6.07) is 27.5. The fourth-order valence-corrected chi connectivity index (χ4v) is 3.60. The molecule has 0 spiro atoms. The first kappa shape index (κ1) is 20.9. The van der Waals surface area contributed by atoms with E-state index in [1.54, 1.807) is 6.92 Å². The maximum atomic E-state index is 6.03. The summed E-state index contributed by atoms with van der Waals surface area (Å²) in [5.74, 6) is 1.72. The van der Waals surface area contributed by atoms with Crippen LogP contribution in [-0.2, 0) is 6.61 Å². The number of aromatic nitrogens is 3. The molecule has 0 amide bonds. The fraction of sp³-hybridized carbons (Fsp3) is 0.0741. The standard InChI is InChI=1S/C27H20ClN3O2/c1-18-30-31-27(33-18)25(16-19-6-11-22(28)12-7-19)20-9-14-24(15-10-20)32-17-23-13-8-21-4-2-3-5-26(21)29-23/h2-16H,17H2,1H3/b25-16+. The van der Waals surface area contributed by atoms with Gasteiger partial charge in [0.25, 0.3) is 0 Å². The van der Waals surface area contributed by atoms with E-state index in [1.807, 2.05) is 84.9 Å². The van der Waals surface area contributed by atoms with E-state index in [0.29, 0.717) is 23.4 Å². The average Bonchev–Trinajstić information content (AvgIpc) is 3.28. The Morgan fingerprint density at radius 1 is 0.909 bits per heavy atom. The van der Waals surface area contributed by atoms with Crippen LogP contribution in [0.2, 0.25) is 5.02 Å². The lowest BCUT2D eigenvalue weighted by Crippen LogP contribution is -1.98. The summed E-state index contributed by atoms with van der Waals surface area (Å²) < 4.78 is 11.7. The number of pyridine rings is 1. The largest absolute Gasteiger partial charge is 0.487 e. The summed E-state index contributed by atoms with van der Waals surface area (Å²) in [6.45, 7) is 2.16. The molecule has 5 nitrogen and oxygen atoms in total. The van der Waals surface area contributed by atoms with Crippen molar-refractivity contribution in [3.05, 3.63) is 119 Å². The van der Waals surface area contributed by atoms with Crippen molar-refractivity contribution in [2.24, 2.45) is 0 Å². The van der Waals surface area contributed by atoms with Crippen molar-refractivity contribution in [2.75, 3.05) is 0 Å². The first-order chi connectivity index (χ1) is 16.1. The van der Waals surface area contributed by atoms with Gasteiger partial charge in [-0.05, 0) is 53.6 Å². The average molecular weight is 454 g/mol. The highest BCUT2D eigenvalue weighted by molar-refractivity contribution is 6.30. The molecule has 0 aliphatic rings. The Balaban J connectivity index is 1.37. The zero-order valence-corrected chi connectivity index (χ0v) is 18.7. The lowest BCUT2D eigenvalue weighted by atomic mass is 10.0. The van der Waals surface area contributed by atoms with E-state index in [-0.39, 0.29) is 0 Å². The molecule has 0 unspecified atom stereocenters. The van der Waals surface area contributed by atoms with Gasteiger partial charge in [-0.2, -0.15) is 0 Å². The van der Waals surface area contributed by atoms with Gasteiger partial charge in [0, 0.05) is 22.9 Å². The third-order valence-corrected chi connectivity index (χ3v) is 5.40. The van der Waals surface area contributed by atoms with Crippen molar-refractivity contribution in [1.82, 2.24) is 15.2 Å². The number of benzene rings is 3. The first-order valence-corrected chi connectivity index (χ1v) is 10.9. The van der Waals surface area contributed by atoms with E-state index >= 15 is 0 Å². The van der Waals surface area contributed by atoms with Crippen LogP contribution in [0, 0.1) is 6.92 Å². The van der Waals surface area contributed by atoms with Gasteiger partial charge < -0.3 is 9.15 Å². The van der Waals surface area contributed by atoms with Crippen LogP contribution in [0.3, 0.4) is 0 Å². The van der Waals surface area contributed by atoms with Gasteiger partial charge in [-0.3, -0.25) is 0 Å². The molecule has 0 atom stereocenters. The van der Waals surface area contributed by atoms with Crippen LogP contribution in [-0.4, -0.2) is 15.2 Å². The molecule has 33 heavy (non-hydrogen) atoms. The van der Waals surface area contributed by atoms with Crippen molar-refractivity contribution >= 4 is 34.2 Å². The molecule has 0 saturated carbocycles. The third kappa shape index (κ3) is 4.94. The predicted molar refractivity (Wildman–Crippen MR) is 130 cm³/mol. The second-order valence-electron chi connectivity index (χ2n) is 7.54. The highest BCUT2D eigenvalue weighted by Gasteiger charge is 2.13. The molecular formula is C27H20ClN3O2. The van der Waals surface area contributed by atoms with Crippen LogP contribution < -0.4 is 4.74 Å². The Morgan fingerprint density at radius 2 is 1.70 bits per heavy atom. The molecular weight excluding hydrogens is 434 g/mol. The molecule has 6 heteroatoms. The zero-order valence-electron chi connectivity index (χ0n) is 17.9. The number of hydrogen-bond acceptors (Lipinski definition) is 5. The zero-order chi connectivity index (χ0) is 22.6. The number of aryl methyl sites for hydroxylation is 1. The van der Waals surface area contributed by atoms with Crippen LogP contribution in [0.4, 0.5) is 0 Å². The molecule has 2 aromatic heterocycles. The number of fused-ring (bicyclic) bond motifs is 1. The quantitative estimate of drug-likeness (QED) is 0.266. The van der Waals surface area contributed by atoms with Gasteiger partial charge in [0.05, 0.1) is 11.2 Å². The molecule has 0 N–H and O–H groups in total. The van der Waals surface area contributed by atoms with Gasteiger partial charge in [-0.25, -0.2) is 4.98 Å². The summed E-state index contributed by atoms with van der Waals surface area (Å²) in [7, 11) is 0. The second kappa shape index (κ2) is 9.27. The van der Waals surface area contributed by atoms with Crippen LogP contribution in [0.1, 0.15) is 28.6 Å². The minimum absolute atomic E-state index is 0.389. The van der Waals surface area contributed by atoms with Crippen molar-refractivity contribution in [1.29, 1.82) is 0 Å². The normalized spacial score (nSPS) is 11.6. The van der Waals surface area contributed by atoms with Crippen molar-refractivity contribution in [3.63, 3.8) is 0 Å². The highest BCUT2D eigenvalue weighted by Crippen LogP contribution is 2.27. The maximum absolute atomic E-state index is 6.03. The second-order valence-corrected chi connectivity index (χ2v) is 7.98. The molecule has 0 radical (unpaired) electrons. The number of rotatable bonds is 6. The minimum Gasteiger partial charge on any atom is -0.487 e. The lowest BCUT2D eigenvalue weighted by molar-refractivity contribution is 0.302. The molecule has 162 valence electrons. The fourth-order valence-electron chi connectivity index (χ4n) is 3.48. The molecule has 0 fully saturated rings. The van der Waals surface area contributed by atoms with Gasteiger partial charge >= 0.3 is 0 Å². The summed E-state index contributed by atoms with van der Waals surface area (Å²) in [5, 5.41) is 9.99. The Bertz CT molecular complexity index is 1420. The minimum atomic E-state index is 0.389. The van der Waals surface area contributed by atoms with Gasteiger partial charge in [-0.15, -0.1) is 10.2 Å². The maximum Gasteiger partial charge on any atom is 0.248 e. The monoisotopic (exact) mass is 453 g/mol. The summed E-state index contributed by atoms with van der Waals surface area (Å²) in [4.78, 5) is 4.66. The number of para-hydroxylation sites is 1. The molecule has 2 heterocycles. The SMILES string of the molecule is Cc1nnc(/C(=C/c2ccc(Cl)cc2)c2ccc(OCc3ccc4ccccc4n3)cc2)o1. The number of nitrogens with zero attached hydrogens (tertiary/aromatic N) is 3. The topological polar surface area (TPSA) is 61.0 Å². The van der Waals surface area contributed by atoms with E-state index in [9.17, 15) is 0 Å². The number of hydrogen-bond donors (Lipinski definition) is 0. The summed E-state index contributed by atoms with van der Waals surface area (Å²) in [6.07, 6.45) is 2.00. The number of ether oxygens (including phenoxy) is 1. The first-order valence-electron chi connectivity index (χ1n) is 10.5. The molecule has 3 aromatic carbocycles. The van der Waals surface area contributed by atoms with Crippen LogP contribution in [0.25, 0.3) is 22.6 Å². The Hall–Kier alpha value is -3.96. The van der Waals surface area contributed by atoms with Crippen molar-refractivity contribution < 1.29 is 9.15 Å². The van der Waals surface area contributed by atoms with E-state index in [1.165, 1.54) is 0 Å². The third-order valence-electron chi connectivity index (χ3n) is 5.15. The Labute approximate surface area is 196 Å². The Kier molecular flexibility index (Phi) is 5.87. The van der Waals surface area contributed by atoms with E-state index in [2.05, 4.69) is 21.2 Å². The van der Waals surface area contributed by atoms with Gasteiger partial charge in [0.2, 0.25) is 11.8 Å². The van der Waals surface area contributed by atoms with Gasteiger partial charge in [-0.1, -0.05) is 60.1 Å². The van der Waals surface area contributed by atoms with Crippen molar-refractivity contribution in [2.45, 2.75) is 13.5 Å². The smallest absolute Gasteiger partial charge is 0.248 e. The summed E-state index contributed by atoms with van der Waals surface area (Å²) in [5.41, 5.74) is 4.57. The predicted octanol–water partition coefficient (Wildman–Crippen LogP) is 6.75. The van der Waals surface area contributed by atoms with E-state index in [4.69, 9.17) is 20.8 Å². The molecule has 0 bridgehead atoms. The van der Waals surface area contributed by atoms with E-state index in [0.717, 1.165) is 39.0 Å². The molecule has 0 aliphatic heterocycles. The van der Waals surface area contributed by atoms with Crippen LogP contribution in [0.15, 0.2) is 89.3 Å². The van der Waals surface area contributed by atoms with Gasteiger partial charge in [0.15, 0.2) is 0 Å². The molecule has 0 saturated heterocycles. The molecule has 5 aromatic rings. The highest BCUT2D eigenvalue weighted by atomic mass is 35.5. The lowest BCUT2D eigenvalue weighted by Gasteiger charge is -2.09. The van der Waals surface area contributed by atoms with Crippen LogP contribution in [0.5, 0.6) is 5.75 Å². The Morgan fingerprint density at radius 3 is 2.45 bits per heavy atom. The van der Waals surface area contributed by atoms with Crippen molar-refractivity contribution in [3.8, 4) is 5.75 Å². The van der Waals surface area contributed by atoms with Gasteiger partial charge in [0.1, 0.15) is 12.4 Å². The molecule has 5 rings (SSSR count).